The molecule has 0 aromatic rings. The number of nitrogens with zero attached hydrogens (tertiary/aromatic N) is 1. The molecule has 3 unspecified atom stereocenters. The van der Waals surface area contributed by atoms with Crippen molar-refractivity contribution in [1.29, 1.82) is 0 Å². The Morgan fingerprint density at radius 1 is 1.42 bits per heavy atom. The molecule has 0 aromatic carbocycles. The SMILES string of the molecule is CC1CC(C)C(CN(C)C=O)C1. The zero-order chi connectivity index (χ0) is 9.14. The van der Waals surface area contributed by atoms with Gasteiger partial charge in [-0.2, -0.15) is 0 Å². The van der Waals surface area contributed by atoms with Crippen LogP contribution in [0.1, 0.15) is 26.7 Å². The minimum atomic E-state index is 0.732. The standard InChI is InChI=1S/C10H19NO/c1-8-4-9(2)10(5-8)6-11(3)7-12/h7-10H,4-6H2,1-3H3. The van der Waals surface area contributed by atoms with Crippen molar-refractivity contribution >= 4 is 6.41 Å². The maximum Gasteiger partial charge on any atom is 0.209 e. The lowest BCUT2D eigenvalue weighted by atomic mass is 9.98. The van der Waals surface area contributed by atoms with Crippen LogP contribution in [-0.2, 0) is 4.79 Å². The number of carbonyl (C=O) groups is 1. The van der Waals surface area contributed by atoms with Crippen LogP contribution < -0.4 is 0 Å². The molecule has 0 N–H and O–H groups in total. The van der Waals surface area contributed by atoms with E-state index in [9.17, 15) is 4.79 Å². The van der Waals surface area contributed by atoms with E-state index in [0.717, 1.165) is 30.7 Å². The van der Waals surface area contributed by atoms with Crippen molar-refractivity contribution in [2.45, 2.75) is 26.7 Å². The first-order valence-electron chi connectivity index (χ1n) is 4.79. The average molecular weight is 169 g/mol. The number of amides is 1. The van der Waals surface area contributed by atoms with Crippen molar-refractivity contribution in [3.05, 3.63) is 0 Å². The normalized spacial score (nSPS) is 35.1. The van der Waals surface area contributed by atoms with Gasteiger partial charge in [0.1, 0.15) is 0 Å². The van der Waals surface area contributed by atoms with E-state index in [2.05, 4.69) is 13.8 Å². The van der Waals surface area contributed by atoms with Crippen molar-refractivity contribution in [1.82, 2.24) is 4.90 Å². The molecule has 0 heterocycles. The van der Waals surface area contributed by atoms with Crippen molar-refractivity contribution < 1.29 is 4.79 Å². The summed E-state index contributed by atoms with van der Waals surface area (Å²) in [7, 11) is 1.86. The molecule has 0 bridgehead atoms. The van der Waals surface area contributed by atoms with Crippen LogP contribution in [0.15, 0.2) is 0 Å². The van der Waals surface area contributed by atoms with E-state index in [4.69, 9.17) is 0 Å². The Kier molecular flexibility index (Phi) is 3.12. The second-order valence-electron chi connectivity index (χ2n) is 4.36. The quantitative estimate of drug-likeness (QED) is 0.589. The van der Waals surface area contributed by atoms with Crippen LogP contribution in [0.2, 0.25) is 0 Å². The summed E-state index contributed by atoms with van der Waals surface area (Å²) in [6.07, 6.45) is 3.55. The summed E-state index contributed by atoms with van der Waals surface area (Å²) < 4.78 is 0. The fourth-order valence-corrected chi connectivity index (χ4v) is 2.34. The first-order valence-corrected chi connectivity index (χ1v) is 4.79. The zero-order valence-electron chi connectivity index (χ0n) is 8.29. The third kappa shape index (κ3) is 2.23. The number of carbonyl (C=O) groups excluding carboxylic acids is 1. The first kappa shape index (κ1) is 9.56. The van der Waals surface area contributed by atoms with Crippen LogP contribution in [-0.4, -0.2) is 24.9 Å². The Morgan fingerprint density at radius 3 is 2.50 bits per heavy atom. The van der Waals surface area contributed by atoms with Crippen LogP contribution in [0.4, 0.5) is 0 Å². The summed E-state index contributed by atoms with van der Waals surface area (Å²) in [5, 5.41) is 0. The van der Waals surface area contributed by atoms with Crippen LogP contribution in [0.5, 0.6) is 0 Å². The van der Waals surface area contributed by atoms with Gasteiger partial charge in [0.05, 0.1) is 0 Å². The lowest BCUT2D eigenvalue weighted by Crippen LogP contribution is -2.25. The van der Waals surface area contributed by atoms with Gasteiger partial charge >= 0.3 is 0 Å². The van der Waals surface area contributed by atoms with E-state index >= 15 is 0 Å². The van der Waals surface area contributed by atoms with Gasteiger partial charge in [0, 0.05) is 13.6 Å². The molecule has 1 fully saturated rings. The number of hydrogen-bond acceptors (Lipinski definition) is 1. The molecule has 0 radical (unpaired) electrons. The Hall–Kier alpha value is -0.530. The molecule has 0 aromatic heterocycles. The summed E-state index contributed by atoms with van der Waals surface area (Å²) in [6, 6.07) is 0. The first-order chi connectivity index (χ1) is 5.63. The van der Waals surface area contributed by atoms with Gasteiger partial charge in [0.2, 0.25) is 6.41 Å². The molecule has 12 heavy (non-hydrogen) atoms. The lowest BCUT2D eigenvalue weighted by Gasteiger charge is -2.19. The summed E-state index contributed by atoms with van der Waals surface area (Å²) in [5.74, 6) is 2.38. The van der Waals surface area contributed by atoms with Gasteiger partial charge in [-0.05, 0) is 30.6 Å². The van der Waals surface area contributed by atoms with Gasteiger partial charge in [-0.15, -0.1) is 0 Å². The third-order valence-corrected chi connectivity index (χ3v) is 2.99. The Bertz CT molecular complexity index is 158. The van der Waals surface area contributed by atoms with E-state index < -0.39 is 0 Å². The van der Waals surface area contributed by atoms with Crippen molar-refractivity contribution in [3.8, 4) is 0 Å². The van der Waals surface area contributed by atoms with Gasteiger partial charge in [-0.1, -0.05) is 13.8 Å². The molecule has 1 aliphatic rings. The number of hydrogen-bond donors (Lipinski definition) is 0. The summed E-state index contributed by atoms with van der Waals surface area (Å²) >= 11 is 0. The van der Waals surface area contributed by atoms with Gasteiger partial charge in [0.15, 0.2) is 0 Å². The molecule has 0 saturated heterocycles. The predicted molar refractivity (Wildman–Crippen MR) is 49.7 cm³/mol. The van der Waals surface area contributed by atoms with E-state index in [-0.39, 0.29) is 0 Å². The fraction of sp³-hybridized carbons (Fsp3) is 0.900. The topological polar surface area (TPSA) is 20.3 Å². The fourth-order valence-electron chi connectivity index (χ4n) is 2.34. The molecule has 2 nitrogen and oxygen atoms in total. The van der Waals surface area contributed by atoms with Crippen molar-refractivity contribution in [2.75, 3.05) is 13.6 Å². The molecule has 1 rings (SSSR count). The van der Waals surface area contributed by atoms with E-state index in [1.165, 1.54) is 12.8 Å². The van der Waals surface area contributed by atoms with Gasteiger partial charge in [0.25, 0.3) is 0 Å². The monoisotopic (exact) mass is 169 g/mol. The smallest absolute Gasteiger partial charge is 0.209 e. The molecule has 70 valence electrons. The highest BCUT2D eigenvalue weighted by Crippen LogP contribution is 2.35. The van der Waals surface area contributed by atoms with Crippen LogP contribution in [0.25, 0.3) is 0 Å². The highest BCUT2D eigenvalue weighted by molar-refractivity contribution is 5.46. The van der Waals surface area contributed by atoms with Gasteiger partial charge < -0.3 is 4.90 Å². The second kappa shape index (κ2) is 3.92. The Morgan fingerprint density at radius 2 is 2.08 bits per heavy atom. The highest BCUT2D eigenvalue weighted by Gasteiger charge is 2.28. The minimum Gasteiger partial charge on any atom is -0.348 e. The molecule has 2 heteroatoms. The Labute approximate surface area is 74.9 Å². The lowest BCUT2D eigenvalue weighted by molar-refractivity contribution is -0.117. The van der Waals surface area contributed by atoms with E-state index in [1.54, 1.807) is 4.90 Å². The minimum absolute atomic E-state index is 0.732. The third-order valence-electron chi connectivity index (χ3n) is 2.99. The zero-order valence-corrected chi connectivity index (χ0v) is 8.29. The summed E-state index contributed by atoms with van der Waals surface area (Å²) in [4.78, 5) is 12.2. The van der Waals surface area contributed by atoms with Crippen LogP contribution in [0.3, 0.4) is 0 Å². The number of rotatable bonds is 3. The maximum absolute atomic E-state index is 10.4. The molecule has 1 saturated carbocycles. The largest absolute Gasteiger partial charge is 0.348 e. The molecule has 0 spiro atoms. The summed E-state index contributed by atoms with van der Waals surface area (Å²) in [6.45, 7) is 5.54. The van der Waals surface area contributed by atoms with Gasteiger partial charge in [-0.3, -0.25) is 4.79 Å². The molecule has 1 amide bonds. The van der Waals surface area contributed by atoms with Crippen LogP contribution in [0, 0.1) is 17.8 Å². The molecular weight excluding hydrogens is 150 g/mol. The molecule has 0 aliphatic heterocycles. The molecule has 3 atom stereocenters. The molecule has 1 aliphatic carbocycles. The maximum atomic E-state index is 10.4. The predicted octanol–water partition coefficient (Wildman–Crippen LogP) is 1.76. The highest BCUT2D eigenvalue weighted by atomic mass is 16.1. The second-order valence-corrected chi connectivity index (χ2v) is 4.36. The average Bonchev–Trinajstić information content (AvgIpc) is 2.30. The van der Waals surface area contributed by atoms with E-state index in [0.29, 0.717) is 0 Å². The van der Waals surface area contributed by atoms with Crippen molar-refractivity contribution in [3.63, 3.8) is 0 Å². The van der Waals surface area contributed by atoms with Crippen molar-refractivity contribution in [2.24, 2.45) is 17.8 Å². The van der Waals surface area contributed by atoms with Gasteiger partial charge in [-0.25, -0.2) is 0 Å². The summed E-state index contributed by atoms with van der Waals surface area (Å²) in [5.41, 5.74) is 0. The van der Waals surface area contributed by atoms with E-state index in [1.807, 2.05) is 7.05 Å². The Balaban J connectivity index is 2.37. The van der Waals surface area contributed by atoms with Crippen LogP contribution >= 0.6 is 0 Å². The molecular formula is C10H19NO.